The van der Waals surface area contributed by atoms with Crippen LogP contribution in [0.25, 0.3) is 6.08 Å². The molecule has 1 amide bonds. The van der Waals surface area contributed by atoms with Gasteiger partial charge in [0, 0.05) is 10.6 Å². The molecule has 0 N–H and O–H groups in total. The fourth-order valence-corrected chi connectivity index (χ4v) is 5.66. The molecule has 1 aliphatic heterocycles. The van der Waals surface area contributed by atoms with Crippen LogP contribution in [-0.2, 0) is 11.4 Å². The average Bonchev–Trinajstić information content (AvgIpc) is 3.09. The minimum Gasteiger partial charge on any atom is -0.490 e. The van der Waals surface area contributed by atoms with Gasteiger partial charge in [-0.1, -0.05) is 77.0 Å². The molecule has 1 saturated heterocycles. The molecule has 3 aromatic carbocycles. The van der Waals surface area contributed by atoms with Gasteiger partial charge >= 0.3 is 0 Å². The molecule has 0 radical (unpaired) electrons. The summed E-state index contributed by atoms with van der Waals surface area (Å²) in [6, 6.07) is 16.1. The van der Waals surface area contributed by atoms with E-state index in [1.165, 1.54) is 16.7 Å². The molecule has 1 heterocycles. The number of halogens is 4. The first-order valence-electron chi connectivity index (χ1n) is 10.3. The van der Waals surface area contributed by atoms with Crippen molar-refractivity contribution in [1.82, 2.24) is 0 Å². The zero-order chi connectivity index (χ0) is 25.1. The molecule has 180 valence electrons. The first-order valence-corrected chi connectivity index (χ1v) is 13.5. The summed E-state index contributed by atoms with van der Waals surface area (Å²) in [5, 5.41) is 1.38. The van der Waals surface area contributed by atoms with Gasteiger partial charge in [-0.3, -0.25) is 9.69 Å². The maximum absolute atomic E-state index is 13.2. The molecule has 0 saturated carbocycles. The van der Waals surface area contributed by atoms with E-state index in [0.717, 1.165) is 11.1 Å². The maximum Gasteiger partial charge on any atom is 0.270 e. The maximum atomic E-state index is 13.2. The second-order valence-electron chi connectivity index (χ2n) is 7.26. The van der Waals surface area contributed by atoms with Crippen LogP contribution >= 0.6 is 74.7 Å². The number of thioether (sulfide) groups is 1. The molecule has 0 aliphatic carbocycles. The lowest BCUT2D eigenvalue weighted by Gasteiger charge is -2.16. The third kappa shape index (κ3) is 5.98. The van der Waals surface area contributed by atoms with E-state index in [0.29, 0.717) is 52.6 Å². The summed E-state index contributed by atoms with van der Waals surface area (Å²) in [4.78, 5) is 15.1. The van der Waals surface area contributed by atoms with E-state index >= 15 is 0 Å². The number of benzene rings is 3. The zero-order valence-corrected chi connectivity index (χ0v) is 23.7. The Kier molecular flexibility index (Phi) is 8.68. The molecule has 3 aromatic rings. The highest BCUT2D eigenvalue weighted by Crippen LogP contribution is 2.41. The first-order chi connectivity index (χ1) is 16.8. The summed E-state index contributed by atoms with van der Waals surface area (Å²) >= 11 is 28.6. The van der Waals surface area contributed by atoms with E-state index in [9.17, 15) is 4.79 Å². The van der Waals surface area contributed by atoms with Crippen molar-refractivity contribution in [3.63, 3.8) is 0 Å². The minimum absolute atomic E-state index is 0.244. The number of thiocarbonyl (C=S) groups is 1. The summed E-state index contributed by atoms with van der Waals surface area (Å²) in [5.41, 5.74) is 2.17. The van der Waals surface area contributed by atoms with E-state index in [4.69, 9.17) is 56.5 Å². The van der Waals surface area contributed by atoms with E-state index in [-0.39, 0.29) is 12.5 Å². The van der Waals surface area contributed by atoms with Gasteiger partial charge in [0.2, 0.25) is 0 Å². The normalized spacial score (nSPS) is 14.7. The fraction of sp³-hybridized carbons (Fsp3) is 0.120. The fourth-order valence-electron chi connectivity index (χ4n) is 3.31. The number of nitrogens with zero attached hydrogens (tertiary/aromatic N) is 1. The number of amides is 1. The Balaban J connectivity index is 1.61. The molecule has 35 heavy (non-hydrogen) atoms. The molecule has 1 fully saturated rings. The largest absolute Gasteiger partial charge is 0.490 e. The SMILES string of the molecule is CCOc1cc(/C=C2\SC(=S)N(c3ccc(Cl)c(Cl)c3)C2=O)cc(Br)c1OCc1ccccc1Cl. The standard InChI is InChI=1S/C25H17BrCl3NO3S2/c1-2-32-21-10-14(9-17(26)23(21)33-13-15-5-3-4-6-18(15)27)11-22-24(31)30(25(34)35-22)16-7-8-19(28)20(29)12-16/h3-12H,2,13H2,1H3/b22-11-. The van der Waals surface area contributed by atoms with Crippen molar-refractivity contribution in [3.05, 3.63) is 90.2 Å². The Hall–Kier alpha value is -1.74. The van der Waals surface area contributed by atoms with Gasteiger partial charge in [-0.25, -0.2) is 0 Å². The summed E-state index contributed by atoms with van der Waals surface area (Å²) in [7, 11) is 0. The first kappa shape index (κ1) is 26.3. The van der Waals surface area contributed by atoms with Crippen molar-refractivity contribution < 1.29 is 14.3 Å². The van der Waals surface area contributed by atoms with E-state index < -0.39 is 0 Å². The van der Waals surface area contributed by atoms with Crippen LogP contribution in [0.2, 0.25) is 15.1 Å². The second kappa shape index (κ2) is 11.5. The van der Waals surface area contributed by atoms with Gasteiger partial charge in [-0.2, -0.15) is 0 Å². The second-order valence-corrected chi connectivity index (χ2v) is 11.0. The highest BCUT2D eigenvalue weighted by atomic mass is 79.9. The number of hydrogen-bond acceptors (Lipinski definition) is 5. The van der Waals surface area contributed by atoms with Gasteiger partial charge in [0.15, 0.2) is 15.8 Å². The molecular formula is C25H17BrCl3NO3S2. The van der Waals surface area contributed by atoms with Gasteiger partial charge in [-0.05, 0) is 70.9 Å². The Labute approximate surface area is 236 Å². The highest BCUT2D eigenvalue weighted by Gasteiger charge is 2.33. The Bertz CT molecular complexity index is 1350. The third-order valence-corrected chi connectivity index (χ3v) is 7.91. The molecule has 10 heteroatoms. The number of carbonyl (C=O) groups excluding carboxylic acids is 1. The third-order valence-electron chi connectivity index (χ3n) is 4.91. The number of hydrogen-bond donors (Lipinski definition) is 0. The molecular weight excluding hydrogens is 613 g/mol. The van der Waals surface area contributed by atoms with Gasteiger partial charge < -0.3 is 9.47 Å². The zero-order valence-electron chi connectivity index (χ0n) is 18.2. The molecule has 0 atom stereocenters. The lowest BCUT2D eigenvalue weighted by atomic mass is 10.1. The van der Waals surface area contributed by atoms with Crippen molar-refractivity contribution in [2.75, 3.05) is 11.5 Å². The van der Waals surface area contributed by atoms with Gasteiger partial charge in [0.1, 0.15) is 6.61 Å². The van der Waals surface area contributed by atoms with Crippen molar-refractivity contribution >= 4 is 96.7 Å². The summed E-state index contributed by atoms with van der Waals surface area (Å²) in [5.74, 6) is 0.846. The number of ether oxygens (including phenoxy) is 2. The van der Waals surface area contributed by atoms with Crippen molar-refractivity contribution in [1.29, 1.82) is 0 Å². The minimum atomic E-state index is -0.244. The van der Waals surface area contributed by atoms with Crippen LogP contribution in [0.15, 0.2) is 64.0 Å². The van der Waals surface area contributed by atoms with Crippen LogP contribution in [0, 0.1) is 0 Å². The molecule has 0 aromatic heterocycles. The number of rotatable bonds is 7. The predicted octanol–water partition coefficient (Wildman–Crippen LogP) is 8.79. The average molecular weight is 630 g/mol. The molecule has 0 unspecified atom stereocenters. The smallest absolute Gasteiger partial charge is 0.270 e. The number of anilines is 1. The Morgan fingerprint density at radius 3 is 2.51 bits per heavy atom. The van der Waals surface area contributed by atoms with Crippen LogP contribution in [-0.4, -0.2) is 16.8 Å². The predicted molar refractivity (Wildman–Crippen MR) is 153 cm³/mol. The van der Waals surface area contributed by atoms with Crippen molar-refractivity contribution in [3.8, 4) is 11.5 Å². The summed E-state index contributed by atoms with van der Waals surface area (Å²) in [6.07, 6.45) is 1.77. The quantitative estimate of drug-likeness (QED) is 0.193. The van der Waals surface area contributed by atoms with Crippen LogP contribution in [0.1, 0.15) is 18.1 Å². The highest BCUT2D eigenvalue weighted by molar-refractivity contribution is 9.10. The van der Waals surface area contributed by atoms with Crippen molar-refractivity contribution in [2.45, 2.75) is 13.5 Å². The topological polar surface area (TPSA) is 38.8 Å². The lowest BCUT2D eigenvalue weighted by Crippen LogP contribution is -2.27. The summed E-state index contributed by atoms with van der Waals surface area (Å²) < 4.78 is 13.0. The van der Waals surface area contributed by atoms with Crippen molar-refractivity contribution in [2.24, 2.45) is 0 Å². The van der Waals surface area contributed by atoms with Crippen LogP contribution < -0.4 is 14.4 Å². The summed E-state index contributed by atoms with van der Waals surface area (Å²) in [6.45, 7) is 2.61. The van der Waals surface area contributed by atoms with E-state index in [2.05, 4.69) is 15.9 Å². The molecule has 4 nitrogen and oxygen atoms in total. The van der Waals surface area contributed by atoms with E-state index in [1.807, 2.05) is 43.3 Å². The monoisotopic (exact) mass is 627 g/mol. The Morgan fingerprint density at radius 1 is 1.03 bits per heavy atom. The van der Waals surface area contributed by atoms with Crippen LogP contribution in [0.4, 0.5) is 5.69 Å². The van der Waals surface area contributed by atoms with E-state index in [1.54, 1.807) is 24.3 Å². The molecule has 1 aliphatic rings. The van der Waals surface area contributed by atoms with Gasteiger partial charge in [-0.15, -0.1) is 0 Å². The number of carbonyl (C=O) groups is 1. The van der Waals surface area contributed by atoms with Crippen LogP contribution in [0.3, 0.4) is 0 Å². The molecule has 0 spiro atoms. The van der Waals surface area contributed by atoms with Gasteiger partial charge in [0.05, 0.1) is 31.7 Å². The molecule has 4 rings (SSSR count). The molecule has 0 bridgehead atoms. The Morgan fingerprint density at radius 2 is 1.80 bits per heavy atom. The van der Waals surface area contributed by atoms with Gasteiger partial charge in [0.25, 0.3) is 5.91 Å². The lowest BCUT2D eigenvalue weighted by molar-refractivity contribution is -0.113. The van der Waals surface area contributed by atoms with Crippen LogP contribution in [0.5, 0.6) is 11.5 Å².